The molecule has 4 atom stereocenters. The van der Waals surface area contributed by atoms with Crippen LogP contribution in [0.15, 0.2) is 46.9 Å². The number of aliphatic carboxylic acids is 1. The molecule has 1 amide bonds. The summed E-state index contributed by atoms with van der Waals surface area (Å²) in [7, 11) is 0. The maximum Gasteiger partial charge on any atom is 0.306 e. The Morgan fingerprint density at radius 3 is 1.64 bits per heavy atom. The van der Waals surface area contributed by atoms with Gasteiger partial charge in [-0.05, 0) is 136 Å². The van der Waals surface area contributed by atoms with E-state index in [0.29, 0.717) is 25.9 Å². The maximum atomic E-state index is 13.5. The van der Waals surface area contributed by atoms with E-state index >= 15 is 0 Å². The van der Waals surface area contributed by atoms with Gasteiger partial charge in [0, 0.05) is 67.4 Å². The number of carbonyl (C=O) groups excluding carboxylic acids is 1. The van der Waals surface area contributed by atoms with Crippen molar-refractivity contribution in [3.05, 3.63) is 80.1 Å². The Morgan fingerprint density at radius 2 is 1.14 bits per heavy atom. The molecule has 0 bridgehead atoms. The third-order valence-electron chi connectivity index (χ3n) is 15.0. The Labute approximate surface area is 409 Å². The Morgan fingerprint density at radius 1 is 0.667 bits per heavy atom. The number of morpholine rings is 1. The molecule has 5 aliphatic heterocycles. The molecule has 0 unspecified atom stereocenters. The number of hydrogen-bond donors (Lipinski definition) is 3. The molecule has 4 aromatic heterocycles. The molecule has 0 radical (unpaired) electrons. The van der Waals surface area contributed by atoms with Crippen LogP contribution in [0, 0.1) is 11.8 Å². The SMILES string of the molecule is C[C@@H]1CN(C(=O)[C@H]2CCc3c(sc4ncnc(Nc5cc6c(cc5N5CCCC5)CN=C6)c34)C2)C[C@H](C)O1.O=C(O)[C@H]1CCc2c(sc3ncnc(Nc4cc5c(cc4N4CCCC4)CN=C5)c23)C1. The third kappa shape index (κ3) is 8.49. The van der Waals surface area contributed by atoms with Gasteiger partial charge >= 0.3 is 5.97 Å². The fourth-order valence-electron chi connectivity index (χ4n) is 11.6. The standard InChI is InChI=1S/C29H34N6O2S.C23H23N5O2S/c1-17-14-35(15-18(2)37-17)29(36)19-5-6-22-25(11-19)38-28-26(22)27(31-16-32-28)33-23-9-20-12-30-13-21(20)10-24(23)34-7-3-4-8-34;29-23(30)13-3-4-16-19(9-13)31-22-20(16)21(25-12-26-22)27-17-7-14-10-24-11-15(14)8-18(17)28-5-1-2-6-28/h9-10,12,16-19H,3-8,11,13-15H2,1-2H3,(H,31,32,33);7-8,10,12-13H,1-6,9,11H2,(H,29,30)(H,25,26,27)/t17-,18+,19-;13-/m00/s1. The van der Waals surface area contributed by atoms with Crippen LogP contribution >= 0.6 is 22.7 Å². The van der Waals surface area contributed by atoms with Gasteiger partial charge in [-0.25, -0.2) is 19.9 Å². The number of fused-ring (bicyclic) bond motifs is 8. The van der Waals surface area contributed by atoms with Gasteiger partial charge in [-0.2, -0.15) is 0 Å². The molecule has 6 aromatic rings. The first-order valence-corrected chi connectivity index (χ1v) is 26.4. The monoisotopic (exact) mass is 963 g/mol. The van der Waals surface area contributed by atoms with Gasteiger partial charge in [0.2, 0.25) is 5.91 Å². The molecule has 7 aliphatic rings. The van der Waals surface area contributed by atoms with Crippen LogP contribution in [0.3, 0.4) is 0 Å². The molecule has 9 heterocycles. The lowest BCUT2D eigenvalue weighted by Gasteiger charge is -2.37. The van der Waals surface area contributed by atoms with Gasteiger partial charge in [0.25, 0.3) is 0 Å². The molecule has 69 heavy (non-hydrogen) atoms. The Hall–Kier alpha value is -6.04. The molecule has 0 saturated carbocycles. The highest BCUT2D eigenvalue weighted by molar-refractivity contribution is 7.19. The van der Waals surface area contributed by atoms with E-state index < -0.39 is 5.97 Å². The molecule has 0 spiro atoms. The number of anilines is 6. The Bertz CT molecular complexity index is 3050. The predicted octanol–water partition coefficient (Wildman–Crippen LogP) is 8.87. The number of rotatable bonds is 8. The van der Waals surface area contributed by atoms with Crippen LogP contribution in [0.1, 0.15) is 95.5 Å². The second-order valence-corrected chi connectivity index (χ2v) is 21.9. The van der Waals surface area contributed by atoms with Gasteiger partial charge in [0.05, 0.1) is 64.7 Å². The quantitative estimate of drug-likeness (QED) is 0.133. The number of carbonyl (C=O) groups is 2. The number of nitrogens with one attached hydrogen (secondary N) is 2. The Balaban J connectivity index is 0.000000146. The van der Waals surface area contributed by atoms with Gasteiger partial charge in [-0.15, -0.1) is 22.7 Å². The topological polar surface area (TPSA) is 174 Å². The number of benzene rings is 2. The van der Waals surface area contributed by atoms with E-state index in [1.54, 1.807) is 35.3 Å². The molecule has 3 fully saturated rings. The maximum absolute atomic E-state index is 13.5. The third-order valence-corrected chi connectivity index (χ3v) is 17.3. The van der Waals surface area contributed by atoms with E-state index in [4.69, 9.17) is 9.72 Å². The number of hydrogen-bond acceptors (Lipinski definition) is 15. The molecule has 3 N–H and O–H groups in total. The lowest BCUT2D eigenvalue weighted by atomic mass is 9.86. The van der Waals surface area contributed by atoms with Crippen molar-refractivity contribution in [3.63, 3.8) is 0 Å². The lowest BCUT2D eigenvalue weighted by Crippen LogP contribution is -2.50. The largest absolute Gasteiger partial charge is 0.481 e. The summed E-state index contributed by atoms with van der Waals surface area (Å²) in [5, 5.41) is 19.0. The van der Waals surface area contributed by atoms with E-state index in [1.807, 2.05) is 17.3 Å². The summed E-state index contributed by atoms with van der Waals surface area (Å²) >= 11 is 3.33. The van der Waals surface area contributed by atoms with Gasteiger partial charge in [-0.1, -0.05) is 0 Å². The van der Waals surface area contributed by atoms with Crippen molar-refractivity contribution in [2.24, 2.45) is 21.8 Å². The average Bonchev–Trinajstić information content (AvgIpc) is 4.22. The number of aryl methyl sites for hydroxylation is 2. The summed E-state index contributed by atoms with van der Waals surface area (Å²) in [6, 6.07) is 8.99. The highest BCUT2D eigenvalue weighted by Gasteiger charge is 2.35. The summed E-state index contributed by atoms with van der Waals surface area (Å²) in [5.74, 6) is 0.963. The molecule has 3 saturated heterocycles. The van der Waals surface area contributed by atoms with Gasteiger partial charge in [0.1, 0.15) is 34.0 Å². The first-order chi connectivity index (χ1) is 33.7. The summed E-state index contributed by atoms with van der Waals surface area (Å²) in [6.45, 7) is 11.3. The number of amides is 1. The van der Waals surface area contributed by atoms with Crippen LogP contribution in [0.25, 0.3) is 20.4 Å². The summed E-state index contributed by atoms with van der Waals surface area (Å²) in [6.07, 6.45) is 16.8. The Kier molecular flexibility index (Phi) is 11.8. The lowest BCUT2D eigenvalue weighted by molar-refractivity contribution is -0.147. The zero-order chi connectivity index (χ0) is 46.8. The van der Waals surface area contributed by atoms with Crippen LogP contribution < -0.4 is 20.4 Å². The van der Waals surface area contributed by atoms with Crippen molar-refractivity contribution in [2.75, 3.05) is 59.7 Å². The highest BCUT2D eigenvalue weighted by atomic mass is 32.1. The van der Waals surface area contributed by atoms with Crippen molar-refractivity contribution < 1.29 is 19.4 Å². The first kappa shape index (κ1) is 44.2. The second kappa shape index (κ2) is 18.4. The van der Waals surface area contributed by atoms with E-state index in [0.717, 1.165) is 119 Å². The number of carboxylic acid groups (broad SMARTS) is 1. The number of nitrogens with zero attached hydrogens (tertiary/aromatic N) is 9. The summed E-state index contributed by atoms with van der Waals surface area (Å²) in [4.78, 5) is 63.7. The fourth-order valence-corrected chi connectivity index (χ4v) is 14.2. The van der Waals surface area contributed by atoms with E-state index in [-0.39, 0.29) is 30.0 Å². The smallest absolute Gasteiger partial charge is 0.306 e. The zero-order valence-corrected chi connectivity index (χ0v) is 40.8. The number of aliphatic imine (C=N–C) groups is 2. The van der Waals surface area contributed by atoms with Gasteiger partial charge in [0.15, 0.2) is 0 Å². The van der Waals surface area contributed by atoms with Crippen LogP contribution in [0.4, 0.5) is 34.4 Å². The van der Waals surface area contributed by atoms with Crippen LogP contribution in [-0.2, 0) is 53.1 Å². The van der Waals surface area contributed by atoms with Crippen molar-refractivity contribution in [2.45, 2.75) is 103 Å². The number of aromatic nitrogens is 4. The fraction of sp³-hybridized carbons (Fsp3) is 0.462. The molecule has 356 valence electrons. The average molecular weight is 964 g/mol. The van der Waals surface area contributed by atoms with E-state index in [1.165, 1.54) is 69.8 Å². The predicted molar refractivity (Wildman–Crippen MR) is 275 cm³/mol. The van der Waals surface area contributed by atoms with Crippen LogP contribution in [0.2, 0.25) is 0 Å². The molecule has 2 aromatic carbocycles. The number of ether oxygens (including phenoxy) is 1. The summed E-state index contributed by atoms with van der Waals surface area (Å²) < 4.78 is 5.85. The summed E-state index contributed by atoms with van der Waals surface area (Å²) in [5.41, 5.74) is 12.0. The number of thiophene rings is 2. The van der Waals surface area contributed by atoms with E-state index in [2.05, 4.69) is 83.5 Å². The van der Waals surface area contributed by atoms with Crippen molar-refractivity contribution in [1.82, 2.24) is 24.8 Å². The zero-order valence-electron chi connectivity index (χ0n) is 39.2. The second-order valence-electron chi connectivity index (χ2n) is 19.7. The van der Waals surface area contributed by atoms with Crippen molar-refractivity contribution in [1.29, 1.82) is 0 Å². The molecule has 2 aliphatic carbocycles. The highest BCUT2D eigenvalue weighted by Crippen LogP contribution is 2.45. The molecule has 15 nitrogen and oxygen atoms in total. The van der Waals surface area contributed by atoms with Gasteiger partial charge < -0.3 is 35.2 Å². The number of carboxylic acids is 1. The van der Waals surface area contributed by atoms with Gasteiger partial charge in [-0.3, -0.25) is 19.6 Å². The van der Waals surface area contributed by atoms with Crippen molar-refractivity contribution >= 4 is 102 Å². The van der Waals surface area contributed by atoms with E-state index in [9.17, 15) is 14.7 Å². The van der Waals surface area contributed by atoms with Crippen molar-refractivity contribution in [3.8, 4) is 0 Å². The molecule has 17 heteroatoms. The molecular formula is C52H57N11O4S2. The normalized spacial score (nSPS) is 22.4. The van der Waals surface area contributed by atoms with Crippen LogP contribution in [0.5, 0.6) is 0 Å². The minimum absolute atomic E-state index is 0.0233. The molecule has 13 rings (SSSR count). The first-order valence-electron chi connectivity index (χ1n) is 24.8. The minimum atomic E-state index is -0.706. The van der Waals surface area contributed by atoms with Crippen LogP contribution in [-0.4, -0.2) is 106 Å². The molecular weight excluding hydrogens is 907 g/mol. The minimum Gasteiger partial charge on any atom is -0.481 e.